The van der Waals surface area contributed by atoms with Crippen molar-refractivity contribution in [2.45, 2.75) is 52.1 Å². The number of carbonyl (C=O) groups excluding carboxylic acids is 2. The van der Waals surface area contributed by atoms with Gasteiger partial charge in [-0.3, -0.25) is 14.5 Å². The summed E-state index contributed by atoms with van der Waals surface area (Å²) in [4.78, 5) is 28.1. The number of benzene rings is 2. The third kappa shape index (κ3) is 4.33. The van der Waals surface area contributed by atoms with Crippen molar-refractivity contribution in [1.82, 2.24) is 0 Å². The average Bonchev–Trinajstić information content (AvgIpc) is 3.17. The number of rotatable bonds is 7. The molecule has 0 spiro atoms. The van der Waals surface area contributed by atoms with E-state index in [9.17, 15) is 26.8 Å². The maximum Gasteiger partial charge on any atom is 0.387 e. The number of alkyl halides is 2. The molecule has 2 heterocycles. The minimum Gasteiger partial charge on any atom is -0.435 e. The van der Waals surface area contributed by atoms with Crippen LogP contribution in [0.5, 0.6) is 5.75 Å². The average molecular weight is 492 g/mol. The van der Waals surface area contributed by atoms with E-state index in [1.165, 1.54) is 23.1 Å². The second kappa shape index (κ2) is 8.45. The van der Waals surface area contributed by atoms with E-state index in [4.69, 9.17) is 0 Å². The number of nitrogens with zero attached hydrogens (tertiary/aromatic N) is 1. The summed E-state index contributed by atoms with van der Waals surface area (Å²) in [7, 11) is -3.13. The van der Waals surface area contributed by atoms with Crippen molar-refractivity contribution < 1.29 is 31.5 Å². The largest absolute Gasteiger partial charge is 0.435 e. The molecule has 2 aromatic carbocycles. The first kappa shape index (κ1) is 24.3. The maximum absolute atomic E-state index is 13.5. The van der Waals surface area contributed by atoms with Crippen molar-refractivity contribution >= 4 is 32.9 Å². The fourth-order valence-electron chi connectivity index (χ4n) is 4.92. The number of hydrogen-bond donors (Lipinski definition) is 0. The van der Waals surface area contributed by atoms with Gasteiger partial charge >= 0.3 is 6.61 Å². The highest BCUT2D eigenvalue weighted by Gasteiger charge is 2.47. The minimum atomic E-state index is -3.13. The fourth-order valence-corrected chi connectivity index (χ4v) is 7.18. The van der Waals surface area contributed by atoms with Gasteiger partial charge in [-0.25, -0.2) is 8.42 Å². The van der Waals surface area contributed by atoms with Gasteiger partial charge in [-0.1, -0.05) is 19.9 Å². The van der Waals surface area contributed by atoms with Crippen LogP contribution in [0.2, 0.25) is 0 Å². The molecule has 6 nitrogen and oxygen atoms in total. The van der Waals surface area contributed by atoms with Gasteiger partial charge in [0.1, 0.15) is 5.75 Å². The number of amides is 1. The van der Waals surface area contributed by atoms with E-state index in [1.807, 2.05) is 13.8 Å². The third-order valence-electron chi connectivity index (χ3n) is 7.01. The Balaban J connectivity index is 1.69. The molecule has 0 bridgehead atoms. The van der Waals surface area contributed by atoms with Gasteiger partial charge in [-0.2, -0.15) is 8.78 Å². The Kier molecular flexibility index (Phi) is 6.04. The summed E-state index contributed by atoms with van der Waals surface area (Å²) in [6.45, 7) is 2.51. The third-order valence-corrected chi connectivity index (χ3v) is 8.97. The first-order valence-electron chi connectivity index (χ1n) is 11.2. The monoisotopic (exact) mass is 491 g/mol. The van der Waals surface area contributed by atoms with Crippen LogP contribution in [0.1, 0.15) is 56.0 Å². The Labute approximate surface area is 197 Å². The number of ether oxygens (including phenoxy) is 1. The molecular formula is C25H27F2NO5S. The molecule has 0 aliphatic carbocycles. The Morgan fingerprint density at radius 1 is 1.18 bits per heavy atom. The molecule has 0 aromatic heterocycles. The number of hydrogen-bond acceptors (Lipinski definition) is 5. The smallest absolute Gasteiger partial charge is 0.387 e. The molecule has 9 heteroatoms. The zero-order valence-corrected chi connectivity index (χ0v) is 20.1. The summed E-state index contributed by atoms with van der Waals surface area (Å²) in [5.74, 6) is -0.366. The number of anilines is 2. The van der Waals surface area contributed by atoms with Crippen LogP contribution in [0, 0.1) is 5.41 Å². The Bertz CT molecular complexity index is 1260. The van der Waals surface area contributed by atoms with Crippen LogP contribution in [0.25, 0.3) is 0 Å². The van der Waals surface area contributed by atoms with Crippen molar-refractivity contribution in [1.29, 1.82) is 0 Å². The lowest BCUT2D eigenvalue weighted by Gasteiger charge is -2.23. The zero-order chi connectivity index (χ0) is 24.9. The number of carbonyl (C=O) groups is 2. The van der Waals surface area contributed by atoms with Crippen molar-refractivity contribution in [3.05, 3.63) is 53.6 Å². The first-order valence-corrected chi connectivity index (χ1v) is 13.0. The van der Waals surface area contributed by atoms with Crippen LogP contribution >= 0.6 is 0 Å². The molecule has 1 unspecified atom stereocenters. The summed E-state index contributed by atoms with van der Waals surface area (Å²) in [6, 6.07) is 11.0. The minimum absolute atomic E-state index is 0.00729. The summed E-state index contributed by atoms with van der Waals surface area (Å²) >= 11 is 0. The summed E-state index contributed by atoms with van der Waals surface area (Å²) in [6.07, 6.45) is 1.02. The number of halogens is 2. The van der Waals surface area contributed by atoms with Crippen LogP contribution in [-0.4, -0.2) is 38.2 Å². The van der Waals surface area contributed by atoms with Gasteiger partial charge < -0.3 is 4.74 Å². The molecule has 1 amide bonds. The molecule has 2 aromatic rings. The van der Waals surface area contributed by atoms with Crippen molar-refractivity contribution in [2.24, 2.45) is 5.41 Å². The van der Waals surface area contributed by atoms with E-state index in [2.05, 4.69) is 4.74 Å². The molecule has 2 atom stereocenters. The number of sulfone groups is 1. The van der Waals surface area contributed by atoms with Gasteiger partial charge in [-0.05, 0) is 61.1 Å². The van der Waals surface area contributed by atoms with E-state index in [-0.39, 0.29) is 35.4 Å². The van der Waals surface area contributed by atoms with Crippen molar-refractivity contribution in [2.75, 3.05) is 16.4 Å². The van der Waals surface area contributed by atoms with Gasteiger partial charge in [0.25, 0.3) is 0 Å². The summed E-state index contributed by atoms with van der Waals surface area (Å²) in [5, 5.41) is 0. The van der Waals surface area contributed by atoms with Gasteiger partial charge in [0.2, 0.25) is 5.91 Å². The quantitative estimate of drug-likeness (QED) is 0.508. The predicted octanol–water partition coefficient (Wildman–Crippen LogP) is 5.03. The summed E-state index contributed by atoms with van der Waals surface area (Å²) < 4.78 is 53.7. The summed E-state index contributed by atoms with van der Waals surface area (Å²) in [5.41, 5.74) is 0.560. The molecule has 0 N–H and O–H groups in total. The van der Waals surface area contributed by atoms with E-state index in [0.29, 0.717) is 35.3 Å². The van der Waals surface area contributed by atoms with Crippen molar-refractivity contribution in [3.63, 3.8) is 0 Å². The molecule has 4 rings (SSSR count). The van der Waals surface area contributed by atoms with Gasteiger partial charge in [-0.15, -0.1) is 0 Å². The molecule has 0 radical (unpaired) electrons. The van der Waals surface area contributed by atoms with E-state index >= 15 is 0 Å². The van der Waals surface area contributed by atoms with Crippen molar-refractivity contribution in [3.8, 4) is 5.75 Å². The zero-order valence-electron chi connectivity index (χ0n) is 19.3. The first-order chi connectivity index (χ1) is 15.9. The standard InChI is InChI=1S/C25H27F2NO5S/c1-4-25(3)19-12-16(21(29)14-24(2)10-11-34(31,32)15-24)8-9-20(19)28(22(25)30)17-6-5-7-18(13-17)33-23(26)27/h5-9,12-13,23H,4,10-11,14-15H2,1-3H3/t24-,25?/m1/s1. The fraction of sp³-hybridized carbons (Fsp3) is 0.440. The van der Waals surface area contributed by atoms with Crippen LogP contribution < -0.4 is 9.64 Å². The SMILES string of the molecule is CCC1(C)C(=O)N(c2cccc(OC(F)F)c2)c2ccc(C(=O)C[C@@]3(C)CCS(=O)(=O)C3)cc21. The number of fused-ring (bicyclic) bond motifs is 1. The molecule has 34 heavy (non-hydrogen) atoms. The van der Waals surface area contributed by atoms with E-state index in [0.717, 1.165) is 0 Å². The number of Topliss-reactive ketones (excluding diaryl/α,β-unsaturated/α-hetero) is 1. The van der Waals surface area contributed by atoms with Gasteiger partial charge in [0.15, 0.2) is 15.6 Å². The lowest BCUT2D eigenvalue weighted by atomic mass is 9.79. The molecule has 1 saturated heterocycles. The highest BCUT2D eigenvalue weighted by atomic mass is 32.2. The Hall–Kier alpha value is -2.81. The highest BCUT2D eigenvalue weighted by Crippen LogP contribution is 2.48. The molecule has 0 saturated carbocycles. The van der Waals surface area contributed by atoms with Crippen LogP contribution in [0.15, 0.2) is 42.5 Å². The molecule has 1 fully saturated rings. The van der Waals surface area contributed by atoms with Crippen LogP contribution in [0.4, 0.5) is 20.2 Å². The molecule has 182 valence electrons. The van der Waals surface area contributed by atoms with Crippen LogP contribution in [0.3, 0.4) is 0 Å². The van der Waals surface area contributed by atoms with Crippen LogP contribution in [-0.2, 0) is 20.0 Å². The maximum atomic E-state index is 13.5. The Morgan fingerprint density at radius 3 is 2.53 bits per heavy atom. The predicted molar refractivity (Wildman–Crippen MR) is 125 cm³/mol. The van der Waals surface area contributed by atoms with Gasteiger partial charge in [0.05, 0.1) is 28.3 Å². The number of ketones is 1. The molecular weight excluding hydrogens is 464 g/mol. The highest BCUT2D eigenvalue weighted by molar-refractivity contribution is 7.91. The van der Waals surface area contributed by atoms with Gasteiger partial charge in [0, 0.05) is 18.1 Å². The second-order valence-electron chi connectivity index (χ2n) is 9.69. The second-order valence-corrected chi connectivity index (χ2v) is 11.9. The topological polar surface area (TPSA) is 80.8 Å². The van der Waals surface area contributed by atoms with E-state index < -0.39 is 27.3 Å². The Morgan fingerprint density at radius 2 is 1.91 bits per heavy atom. The molecule has 2 aliphatic heterocycles. The van der Waals surface area contributed by atoms with E-state index in [1.54, 1.807) is 31.2 Å². The lowest BCUT2D eigenvalue weighted by Crippen LogP contribution is -2.35. The molecule has 2 aliphatic rings. The lowest BCUT2D eigenvalue weighted by molar-refractivity contribution is -0.122. The normalized spacial score (nSPS) is 25.6.